The average Bonchev–Trinajstić information content (AvgIpc) is 2.28. The van der Waals surface area contributed by atoms with Crippen LogP contribution in [0.15, 0.2) is 40.5 Å². The van der Waals surface area contributed by atoms with Crippen molar-refractivity contribution in [2.45, 2.75) is 9.92 Å². The van der Waals surface area contributed by atoms with Crippen molar-refractivity contribution in [2.75, 3.05) is 0 Å². The van der Waals surface area contributed by atoms with E-state index in [9.17, 15) is 0 Å². The molecule has 1 aromatic carbocycles. The molecule has 0 amide bonds. The lowest BCUT2D eigenvalue weighted by Crippen LogP contribution is -2.13. The Kier molecular flexibility index (Phi) is 4.06. The number of nitrogens with two attached hydrogens (primary N) is 1. The van der Waals surface area contributed by atoms with Gasteiger partial charge in [-0.2, -0.15) is 0 Å². The smallest absolute Gasteiger partial charge is 0.143 e. The van der Waals surface area contributed by atoms with Crippen LogP contribution >= 0.6 is 35.0 Å². The highest BCUT2D eigenvalue weighted by Crippen LogP contribution is 2.30. The molecule has 1 heterocycles. The summed E-state index contributed by atoms with van der Waals surface area (Å²) in [4.78, 5) is 9.04. The van der Waals surface area contributed by atoms with E-state index < -0.39 is 0 Å². The zero-order valence-electron chi connectivity index (χ0n) is 9.02. The Labute approximate surface area is 118 Å². The molecular weight excluding hydrogens is 291 g/mol. The molecule has 92 valence electrons. The van der Waals surface area contributed by atoms with Crippen molar-refractivity contribution in [2.24, 2.45) is 5.73 Å². The Morgan fingerprint density at radius 3 is 2.28 bits per heavy atom. The fourth-order valence-corrected chi connectivity index (χ4v) is 2.70. The van der Waals surface area contributed by atoms with E-state index in [-0.39, 0.29) is 5.84 Å². The second-order valence-corrected chi connectivity index (χ2v) is 5.33. The fraction of sp³-hybridized carbons (Fsp3) is 0. The highest BCUT2D eigenvalue weighted by atomic mass is 35.5. The predicted molar refractivity (Wildman–Crippen MR) is 73.6 cm³/mol. The molecule has 2 rings (SSSR count). The van der Waals surface area contributed by atoms with Gasteiger partial charge in [0.1, 0.15) is 16.6 Å². The maximum atomic E-state index is 7.22. The molecule has 0 aliphatic carbocycles. The van der Waals surface area contributed by atoms with Gasteiger partial charge < -0.3 is 5.73 Å². The highest BCUT2D eigenvalue weighted by Gasteiger charge is 2.04. The van der Waals surface area contributed by atoms with Gasteiger partial charge in [0.25, 0.3) is 0 Å². The second-order valence-electron chi connectivity index (χ2n) is 3.36. The maximum absolute atomic E-state index is 7.22. The van der Waals surface area contributed by atoms with Crippen LogP contribution in [-0.2, 0) is 0 Å². The summed E-state index contributed by atoms with van der Waals surface area (Å²) >= 11 is 13.2. The number of nitrogens with one attached hydrogen (secondary N) is 1. The minimum atomic E-state index is -0.107. The molecule has 0 saturated heterocycles. The molecule has 0 bridgehead atoms. The average molecular weight is 299 g/mol. The molecule has 1 aromatic heterocycles. The topological polar surface area (TPSA) is 75.7 Å². The molecule has 7 heteroatoms. The van der Waals surface area contributed by atoms with E-state index in [0.29, 0.717) is 20.8 Å². The van der Waals surface area contributed by atoms with Crippen molar-refractivity contribution < 1.29 is 0 Å². The number of nitrogen functional groups attached to an aromatic ring is 1. The van der Waals surface area contributed by atoms with Crippen molar-refractivity contribution in [3.05, 3.63) is 46.3 Å². The molecule has 0 unspecified atom stereocenters. The molecule has 0 atom stereocenters. The predicted octanol–water partition coefficient (Wildman–Crippen LogP) is 3.22. The molecule has 0 aliphatic rings. The van der Waals surface area contributed by atoms with Crippen LogP contribution in [0.2, 0.25) is 10.0 Å². The normalized spacial score (nSPS) is 10.3. The van der Waals surface area contributed by atoms with Crippen LogP contribution < -0.4 is 5.73 Å². The first-order valence-electron chi connectivity index (χ1n) is 4.85. The van der Waals surface area contributed by atoms with Gasteiger partial charge in [-0.1, -0.05) is 35.0 Å². The van der Waals surface area contributed by atoms with Gasteiger partial charge in [-0.25, -0.2) is 9.97 Å². The fourth-order valence-electron chi connectivity index (χ4n) is 1.22. The Morgan fingerprint density at radius 2 is 1.78 bits per heavy atom. The number of rotatable bonds is 3. The van der Waals surface area contributed by atoms with E-state index in [1.807, 2.05) is 0 Å². The minimum Gasteiger partial charge on any atom is -0.382 e. The molecule has 0 spiro atoms. The zero-order valence-corrected chi connectivity index (χ0v) is 11.4. The quantitative estimate of drug-likeness (QED) is 0.674. The first-order chi connectivity index (χ1) is 8.54. The molecule has 18 heavy (non-hydrogen) atoms. The third kappa shape index (κ3) is 3.35. The lowest BCUT2D eigenvalue weighted by atomic mass is 10.4. The summed E-state index contributed by atoms with van der Waals surface area (Å²) in [5.74, 6) is -0.107. The third-order valence-electron chi connectivity index (χ3n) is 1.96. The first-order valence-corrected chi connectivity index (χ1v) is 6.42. The summed E-state index contributed by atoms with van der Waals surface area (Å²) in [6, 6.07) is 5.25. The molecule has 2 aromatic rings. The summed E-state index contributed by atoms with van der Waals surface area (Å²) in [7, 11) is 0. The number of halogens is 2. The number of aromatic nitrogens is 2. The number of hydrogen-bond acceptors (Lipinski definition) is 4. The van der Waals surface area contributed by atoms with Crippen molar-refractivity contribution in [1.82, 2.24) is 9.97 Å². The van der Waals surface area contributed by atoms with Gasteiger partial charge in [0.05, 0.1) is 12.4 Å². The molecule has 3 N–H and O–H groups in total. The van der Waals surface area contributed by atoms with Gasteiger partial charge in [0.2, 0.25) is 0 Å². The molecule has 0 aliphatic heterocycles. The molecular formula is C11H8Cl2N4S. The van der Waals surface area contributed by atoms with E-state index in [4.69, 9.17) is 34.3 Å². The van der Waals surface area contributed by atoms with Crippen LogP contribution in [-0.4, -0.2) is 15.8 Å². The summed E-state index contributed by atoms with van der Waals surface area (Å²) in [5.41, 5.74) is 5.65. The standard InChI is InChI=1S/C11H8Cl2N4S/c12-6-1-7(13)3-8(2-6)18-10-5-16-9(4-17-10)11(14)15/h1-5H,(H3,14,15). The number of amidine groups is 1. The summed E-state index contributed by atoms with van der Waals surface area (Å²) in [6.45, 7) is 0. The van der Waals surface area contributed by atoms with Crippen molar-refractivity contribution in [3.8, 4) is 0 Å². The SMILES string of the molecule is N=C(N)c1cnc(Sc2cc(Cl)cc(Cl)c2)cn1. The van der Waals surface area contributed by atoms with E-state index in [1.54, 1.807) is 24.4 Å². The maximum Gasteiger partial charge on any atom is 0.143 e. The van der Waals surface area contributed by atoms with E-state index in [1.165, 1.54) is 18.0 Å². The van der Waals surface area contributed by atoms with Crippen LogP contribution in [0.4, 0.5) is 0 Å². The zero-order chi connectivity index (χ0) is 13.1. The van der Waals surface area contributed by atoms with Gasteiger partial charge in [0.15, 0.2) is 0 Å². The van der Waals surface area contributed by atoms with E-state index in [2.05, 4.69) is 9.97 Å². The first kappa shape index (κ1) is 13.1. The Hall–Kier alpha value is -1.30. The third-order valence-corrected chi connectivity index (χ3v) is 3.29. The van der Waals surface area contributed by atoms with Crippen molar-refractivity contribution >= 4 is 40.8 Å². The van der Waals surface area contributed by atoms with Crippen LogP contribution in [0.5, 0.6) is 0 Å². The summed E-state index contributed by atoms with van der Waals surface area (Å²) in [6.07, 6.45) is 3.01. The lowest BCUT2D eigenvalue weighted by Gasteiger charge is -2.03. The molecule has 0 fully saturated rings. The number of hydrogen-bond donors (Lipinski definition) is 2. The minimum absolute atomic E-state index is 0.107. The van der Waals surface area contributed by atoms with Gasteiger partial charge in [0, 0.05) is 14.9 Å². The van der Waals surface area contributed by atoms with Gasteiger partial charge in [-0.3, -0.25) is 5.41 Å². The highest BCUT2D eigenvalue weighted by molar-refractivity contribution is 7.99. The monoisotopic (exact) mass is 298 g/mol. The summed E-state index contributed by atoms with van der Waals surface area (Å²) in [5, 5.41) is 9.03. The van der Waals surface area contributed by atoms with Crippen molar-refractivity contribution in [3.63, 3.8) is 0 Å². The number of nitrogens with zero attached hydrogens (tertiary/aromatic N) is 2. The largest absolute Gasteiger partial charge is 0.382 e. The van der Waals surface area contributed by atoms with Crippen LogP contribution in [0.25, 0.3) is 0 Å². The lowest BCUT2D eigenvalue weighted by molar-refractivity contribution is 1.04. The van der Waals surface area contributed by atoms with E-state index in [0.717, 1.165) is 4.90 Å². The van der Waals surface area contributed by atoms with Crippen molar-refractivity contribution in [1.29, 1.82) is 5.41 Å². The van der Waals surface area contributed by atoms with Gasteiger partial charge in [-0.15, -0.1) is 0 Å². The number of benzene rings is 1. The molecule has 4 nitrogen and oxygen atoms in total. The van der Waals surface area contributed by atoms with Gasteiger partial charge in [-0.05, 0) is 18.2 Å². The molecule has 0 saturated carbocycles. The van der Waals surface area contributed by atoms with E-state index >= 15 is 0 Å². The Balaban J connectivity index is 2.20. The Bertz CT molecular complexity index is 566. The Morgan fingerprint density at radius 1 is 1.11 bits per heavy atom. The van der Waals surface area contributed by atoms with Crippen LogP contribution in [0, 0.1) is 5.41 Å². The second kappa shape index (κ2) is 5.56. The van der Waals surface area contributed by atoms with Gasteiger partial charge >= 0.3 is 0 Å². The van der Waals surface area contributed by atoms with Crippen LogP contribution in [0.1, 0.15) is 5.69 Å². The molecule has 0 radical (unpaired) electrons. The van der Waals surface area contributed by atoms with Crippen LogP contribution in [0.3, 0.4) is 0 Å². The summed E-state index contributed by atoms with van der Waals surface area (Å²) < 4.78 is 0.